The van der Waals surface area contributed by atoms with Gasteiger partial charge in [-0.2, -0.15) is 0 Å². The lowest BCUT2D eigenvalue weighted by Crippen LogP contribution is -2.30. The summed E-state index contributed by atoms with van der Waals surface area (Å²) in [6.07, 6.45) is 2.11. The lowest BCUT2D eigenvalue weighted by atomic mass is 10.1. The Morgan fingerprint density at radius 3 is 2.62 bits per heavy atom. The Morgan fingerprint density at radius 1 is 1.31 bits per heavy atom. The minimum atomic E-state index is -2.18. The van der Waals surface area contributed by atoms with Crippen molar-refractivity contribution in [1.29, 1.82) is 0 Å². The van der Waals surface area contributed by atoms with Gasteiger partial charge in [0.1, 0.15) is 0 Å². The van der Waals surface area contributed by atoms with E-state index in [4.69, 9.17) is 0 Å². The number of hydrogen-bond donors (Lipinski definition) is 0. The molecule has 88 valence electrons. The average molecular weight is 237 g/mol. The molecule has 2 nitrogen and oxygen atoms in total. The second kappa shape index (κ2) is 4.58. The zero-order valence-corrected chi connectivity index (χ0v) is 10.7. The van der Waals surface area contributed by atoms with Crippen molar-refractivity contribution in [3.8, 4) is 0 Å². The molecule has 0 fully saturated rings. The van der Waals surface area contributed by atoms with Gasteiger partial charge >= 0.3 is 0 Å². The molecule has 1 aromatic carbocycles. The SMILES string of the molecule is CC(C)[C@H]1CCCN=[S@@]1(=O)c1ccccc1. The smallest absolute Gasteiger partial charge is 0.0783 e. The van der Waals surface area contributed by atoms with E-state index in [0.717, 1.165) is 24.3 Å². The number of rotatable bonds is 2. The first-order valence-electron chi connectivity index (χ1n) is 5.91. The van der Waals surface area contributed by atoms with Gasteiger partial charge in [0.15, 0.2) is 0 Å². The van der Waals surface area contributed by atoms with E-state index in [1.807, 2.05) is 30.3 Å². The molecule has 3 heteroatoms. The van der Waals surface area contributed by atoms with E-state index in [1.54, 1.807) is 0 Å². The number of nitrogens with zero attached hydrogens (tertiary/aromatic N) is 1. The highest BCUT2D eigenvalue weighted by Crippen LogP contribution is 2.30. The summed E-state index contributed by atoms with van der Waals surface area (Å²) in [7, 11) is -2.18. The number of benzene rings is 1. The molecule has 16 heavy (non-hydrogen) atoms. The van der Waals surface area contributed by atoms with Gasteiger partial charge in [0, 0.05) is 16.7 Å². The molecule has 0 N–H and O–H groups in total. The Hall–Kier alpha value is -0.830. The van der Waals surface area contributed by atoms with Crippen LogP contribution in [0.5, 0.6) is 0 Å². The molecule has 0 saturated heterocycles. The van der Waals surface area contributed by atoms with Gasteiger partial charge in [-0.05, 0) is 30.9 Å². The summed E-state index contributed by atoms with van der Waals surface area (Å²) in [6.45, 7) is 5.04. The molecule has 2 rings (SSSR count). The molecule has 1 aliphatic heterocycles. The Labute approximate surface area is 98.3 Å². The second-order valence-corrected chi connectivity index (χ2v) is 7.13. The van der Waals surface area contributed by atoms with Crippen LogP contribution in [0.2, 0.25) is 0 Å². The molecular weight excluding hydrogens is 218 g/mol. The normalized spacial score (nSPS) is 30.1. The molecule has 2 atom stereocenters. The molecule has 0 bridgehead atoms. The number of hydrogen-bond acceptors (Lipinski definition) is 2. The first kappa shape index (κ1) is 11.6. The fraction of sp³-hybridized carbons (Fsp3) is 0.538. The quantitative estimate of drug-likeness (QED) is 0.775. The highest BCUT2D eigenvalue weighted by atomic mass is 32.2. The van der Waals surface area contributed by atoms with Gasteiger partial charge in [0.05, 0.1) is 9.73 Å². The predicted molar refractivity (Wildman–Crippen MR) is 68.0 cm³/mol. The standard InChI is InChI=1S/C13H19NOS/c1-11(2)13-9-6-10-14-16(13,15)12-7-4-3-5-8-12/h3-5,7-8,11,13H,6,9-10H2,1-2H3/t13-,16-/m1/s1. The summed E-state index contributed by atoms with van der Waals surface area (Å²) in [4.78, 5) is 0.911. The van der Waals surface area contributed by atoms with Gasteiger partial charge in [0.25, 0.3) is 0 Å². The van der Waals surface area contributed by atoms with Gasteiger partial charge in [-0.1, -0.05) is 32.0 Å². The molecule has 0 aliphatic carbocycles. The Bertz CT molecular complexity index is 458. The van der Waals surface area contributed by atoms with Crippen molar-refractivity contribution in [1.82, 2.24) is 0 Å². The first-order valence-corrected chi connectivity index (χ1v) is 7.49. The molecule has 0 amide bonds. The summed E-state index contributed by atoms with van der Waals surface area (Å²) in [5.74, 6) is 0.428. The molecule has 0 spiro atoms. The van der Waals surface area contributed by atoms with Crippen molar-refractivity contribution in [2.45, 2.75) is 36.8 Å². The van der Waals surface area contributed by atoms with Crippen LogP contribution >= 0.6 is 0 Å². The fourth-order valence-corrected chi connectivity index (χ4v) is 5.18. The van der Waals surface area contributed by atoms with Crippen LogP contribution in [-0.2, 0) is 9.73 Å². The third kappa shape index (κ3) is 2.01. The van der Waals surface area contributed by atoms with Crippen LogP contribution in [0.3, 0.4) is 0 Å². The van der Waals surface area contributed by atoms with Crippen molar-refractivity contribution >= 4 is 9.73 Å². The minimum Gasteiger partial charge on any atom is -0.244 e. The van der Waals surface area contributed by atoms with Crippen molar-refractivity contribution in [2.24, 2.45) is 10.3 Å². The van der Waals surface area contributed by atoms with Crippen molar-refractivity contribution < 1.29 is 4.21 Å². The van der Waals surface area contributed by atoms with Crippen molar-refractivity contribution in [3.63, 3.8) is 0 Å². The zero-order valence-electron chi connectivity index (χ0n) is 9.93. The minimum absolute atomic E-state index is 0.212. The van der Waals surface area contributed by atoms with Gasteiger partial charge in [-0.15, -0.1) is 0 Å². The van der Waals surface area contributed by atoms with Crippen LogP contribution in [0.15, 0.2) is 39.6 Å². The van der Waals surface area contributed by atoms with Crippen LogP contribution in [-0.4, -0.2) is 16.0 Å². The maximum absolute atomic E-state index is 13.0. The molecule has 1 aliphatic rings. The fourth-order valence-electron chi connectivity index (χ4n) is 2.32. The predicted octanol–water partition coefficient (Wildman–Crippen LogP) is 3.33. The largest absolute Gasteiger partial charge is 0.244 e. The van der Waals surface area contributed by atoms with Crippen molar-refractivity contribution in [3.05, 3.63) is 30.3 Å². The molecule has 0 aromatic heterocycles. The van der Waals surface area contributed by atoms with E-state index >= 15 is 0 Å². The highest BCUT2D eigenvalue weighted by molar-refractivity contribution is 7.94. The summed E-state index contributed by atoms with van der Waals surface area (Å²) in [5, 5.41) is 0.212. The molecule has 1 heterocycles. The topological polar surface area (TPSA) is 29.4 Å². The summed E-state index contributed by atoms with van der Waals surface area (Å²) >= 11 is 0. The van der Waals surface area contributed by atoms with Crippen LogP contribution < -0.4 is 0 Å². The molecular formula is C13H19NOS. The first-order chi connectivity index (χ1) is 7.64. The van der Waals surface area contributed by atoms with E-state index in [-0.39, 0.29) is 5.25 Å². The van der Waals surface area contributed by atoms with E-state index in [1.165, 1.54) is 0 Å². The zero-order chi connectivity index (χ0) is 11.6. The van der Waals surface area contributed by atoms with E-state index in [2.05, 4.69) is 18.2 Å². The Balaban J connectivity index is 2.50. The third-order valence-electron chi connectivity index (χ3n) is 3.16. The van der Waals surface area contributed by atoms with E-state index in [0.29, 0.717) is 5.92 Å². The van der Waals surface area contributed by atoms with Crippen molar-refractivity contribution in [2.75, 3.05) is 6.54 Å². The van der Waals surface area contributed by atoms with Gasteiger partial charge < -0.3 is 0 Å². The van der Waals surface area contributed by atoms with E-state index < -0.39 is 9.73 Å². The van der Waals surface area contributed by atoms with Gasteiger partial charge in [0.2, 0.25) is 0 Å². The lowest BCUT2D eigenvalue weighted by Gasteiger charge is -2.28. The average Bonchev–Trinajstić information content (AvgIpc) is 2.30. The Kier molecular flexibility index (Phi) is 3.33. The summed E-state index contributed by atoms with van der Waals surface area (Å²) < 4.78 is 17.5. The lowest BCUT2D eigenvalue weighted by molar-refractivity contribution is 0.520. The summed E-state index contributed by atoms with van der Waals surface area (Å²) in [5.41, 5.74) is 0. The van der Waals surface area contributed by atoms with Gasteiger partial charge in [-0.25, -0.2) is 8.57 Å². The van der Waals surface area contributed by atoms with E-state index in [9.17, 15) is 4.21 Å². The Morgan fingerprint density at radius 2 is 2.00 bits per heavy atom. The molecule has 0 unspecified atom stereocenters. The third-order valence-corrected chi connectivity index (χ3v) is 6.28. The van der Waals surface area contributed by atoms with Crippen LogP contribution in [0.4, 0.5) is 0 Å². The molecule has 1 aromatic rings. The monoisotopic (exact) mass is 237 g/mol. The van der Waals surface area contributed by atoms with Crippen LogP contribution in [0, 0.1) is 5.92 Å². The highest BCUT2D eigenvalue weighted by Gasteiger charge is 2.30. The molecule has 0 radical (unpaired) electrons. The second-order valence-electron chi connectivity index (χ2n) is 4.66. The summed E-state index contributed by atoms with van der Waals surface area (Å²) in [6, 6.07) is 9.76. The maximum atomic E-state index is 13.0. The van der Waals surface area contributed by atoms with Gasteiger partial charge in [-0.3, -0.25) is 0 Å². The molecule has 0 saturated carbocycles. The van der Waals surface area contributed by atoms with Crippen LogP contribution in [0.1, 0.15) is 26.7 Å². The van der Waals surface area contributed by atoms with Crippen LogP contribution in [0.25, 0.3) is 0 Å². The maximum Gasteiger partial charge on any atom is 0.0783 e.